The summed E-state index contributed by atoms with van der Waals surface area (Å²) in [7, 11) is 0. The first-order valence-electron chi connectivity index (χ1n) is 4.14. The summed E-state index contributed by atoms with van der Waals surface area (Å²) in [5, 5.41) is 8.66. The van der Waals surface area contributed by atoms with Crippen molar-refractivity contribution < 1.29 is 9.90 Å². The van der Waals surface area contributed by atoms with Crippen molar-refractivity contribution in [1.29, 1.82) is 0 Å². The van der Waals surface area contributed by atoms with Crippen molar-refractivity contribution in [3.8, 4) is 0 Å². The number of rotatable bonds is 5. The van der Waals surface area contributed by atoms with Crippen molar-refractivity contribution in [3.63, 3.8) is 0 Å². The lowest BCUT2D eigenvalue weighted by atomic mass is 10.1. The third-order valence-electron chi connectivity index (χ3n) is 1.52. The molecule has 0 bridgehead atoms. The lowest BCUT2D eigenvalue weighted by Gasteiger charge is -1.98. The van der Waals surface area contributed by atoms with Crippen LogP contribution in [0.15, 0.2) is 11.6 Å². The van der Waals surface area contributed by atoms with Crippen LogP contribution in [0.2, 0.25) is 0 Å². The molecule has 1 N–H and O–H groups in total. The first-order valence-corrected chi connectivity index (χ1v) is 4.14. The van der Waals surface area contributed by atoms with Crippen molar-refractivity contribution in [2.75, 3.05) is 0 Å². The Morgan fingerprint density at radius 1 is 1.45 bits per heavy atom. The zero-order chi connectivity index (χ0) is 8.69. The molecule has 0 spiro atoms. The Morgan fingerprint density at radius 2 is 2.09 bits per heavy atom. The summed E-state index contributed by atoms with van der Waals surface area (Å²) in [6.07, 6.45) is 5.33. The maximum Gasteiger partial charge on any atom is 0.331 e. The minimum atomic E-state index is -0.764. The highest BCUT2D eigenvalue weighted by Crippen LogP contribution is 2.07. The molecule has 0 rings (SSSR count). The Labute approximate surface area is 67.9 Å². The molecule has 0 atom stereocenters. The summed E-state index contributed by atoms with van der Waals surface area (Å²) < 4.78 is 0. The number of carboxylic acids is 1. The molecule has 0 aromatic carbocycles. The van der Waals surface area contributed by atoms with Crippen LogP contribution in [-0.2, 0) is 4.79 Å². The van der Waals surface area contributed by atoms with Crippen LogP contribution in [0.4, 0.5) is 0 Å². The second-order valence-corrected chi connectivity index (χ2v) is 2.55. The van der Waals surface area contributed by atoms with E-state index in [9.17, 15) is 4.79 Å². The van der Waals surface area contributed by atoms with Gasteiger partial charge < -0.3 is 5.11 Å². The molecule has 0 saturated heterocycles. The van der Waals surface area contributed by atoms with Crippen LogP contribution in [0.3, 0.4) is 0 Å². The number of carbonyl (C=O) groups is 1. The van der Waals surface area contributed by atoms with E-state index in [1.54, 1.807) is 6.08 Å². The molecule has 0 radical (unpaired) electrons. The summed E-state index contributed by atoms with van der Waals surface area (Å²) >= 11 is 0. The van der Waals surface area contributed by atoms with Crippen molar-refractivity contribution in [2.24, 2.45) is 0 Å². The van der Waals surface area contributed by atoms with E-state index in [1.165, 1.54) is 0 Å². The van der Waals surface area contributed by atoms with E-state index in [-0.39, 0.29) is 0 Å². The Hall–Kier alpha value is -0.790. The molecular weight excluding hydrogens is 140 g/mol. The number of hydrogen-bond donors (Lipinski definition) is 1. The minimum Gasteiger partial charge on any atom is -0.478 e. The van der Waals surface area contributed by atoms with E-state index in [2.05, 4.69) is 6.92 Å². The van der Waals surface area contributed by atoms with Crippen LogP contribution >= 0.6 is 0 Å². The molecule has 64 valence electrons. The van der Waals surface area contributed by atoms with E-state index in [1.807, 2.05) is 6.92 Å². The zero-order valence-corrected chi connectivity index (χ0v) is 7.26. The second kappa shape index (κ2) is 5.96. The van der Waals surface area contributed by atoms with Crippen LogP contribution in [0.1, 0.15) is 39.5 Å². The smallest absolute Gasteiger partial charge is 0.331 e. The lowest BCUT2D eigenvalue weighted by Crippen LogP contribution is -2.00. The number of hydrogen-bond acceptors (Lipinski definition) is 1. The van der Waals surface area contributed by atoms with Gasteiger partial charge in [0.05, 0.1) is 0 Å². The van der Waals surface area contributed by atoms with Gasteiger partial charge in [0.25, 0.3) is 0 Å². The summed E-state index contributed by atoms with van der Waals surface area (Å²) in [6, 6.07) is 0. The van der Waals surface area contributed by atoms with Gasteiger partial charge in [-0.1, -0.05) is 26.3 Å². The molecule has 0 unspecified atom stereocenters. The van der Waals surface area contributed by atoms with Crippen molar-refractivity contribution in [2.45, 2.75) is 39.5 Å². The second-order valence-electron chi connectivity index (χ2n) is 2.55. The predicted molar refractivity (Wildman–Crippen MR) is 45.5 cm³/mol. The van der Waals surface area contributed by atoms with Crippen LogP contribution < -0.4 is 0 Å². The number of allylic oxidation sites excluding steroid dienone is 1. The zero-order valence-electron chi connectivity index (χ0n) is 7.26. The van der Waals surface area contributed by atoms with Gasteiger partial charge in [-0.25, -0.2) is 4.79 Å². The molecule has 0 fully saturated rings. The molecule has 2 heteroatoms. The summed E-state index contributed by atoms with van der Waals surface area (Å²) in [6.45, 7) is 4.01. The van der Waals surface area contributed by atoms with Gasteiger partial charge >= 0.3 is 5.97 Å². The van der Waals surface area contributed by atoms with Crippen LogP contribution in [0.25, 0.3) is 0 Å². The Balaban J connectivity index is 3.90. The van der Waals surface area contributed by atoms with Crippen LogP contribution in [0, 0.1) is 0 Å². The SMILES string of the molecule is CC/C=C(/CCCC)C(=O)O. The highest BCUT2D eigenvalue weighted by molar-refractivity contribution is 5.86. The number of unbranched alkanes of at least 4 members (excludes halogenated alkanes) is 1. The van der Waals surface area contributed by atoms with Crippen LogP contribution in [-0.4, -0.2) is 11.1 Å². The maximum absolute atomic E-state index is 10.5. The van der Waals surface area contributed by atoms with Gasteiger partial charge in [0.2, 0.25) is 0 Å². The Bertz CT molecular complexity index is 148. The first kappa shape index (κ1) is 10.2. The normalized spacial score (nSPS) is 11.6. The standard InChI is InChI=1S/C9H16O2/c1-3-5-7-8(6-4-2)9(10)11/h6H,3-5,7H2,1-2H3,(H,10,11)/b8-6-. The highest BCUT2D eigenvalue weighted by Gasteiger charge is 2.03. The van der Waals surface area contributed by atoms with Gasteiger partial charge in [-0.05, 0) is 19.3 Å². The number of aliphatic carboxylic acids is 1. The predicted octanol–water partition coefficient (Wildman–Crippen LogP) is 2.60. The molecular formula is C9H16O2. The Kier molecular flexibility index (Phi) is 5.53. The van der Waals surface area contributed by atoms with Crippen molar-refractivity contribution >= 4 is 5.97 Å². The third-order valence-corrected chi connectivity index (χ3v) is 1.52. The van der Waals surface area contributed by atoms with E-state index in [4.69, 9.17) is 5.11 Å². The third kappa shape index (κ3) is 4.59. The fraction of sp³-hybridized carbons (Fsp3) is 0.667. The average molecular weight is 156 g/mol. The molecule has 0 aliphatic rings. The average Bonchev–Trinajstić information content (AvgIpc) is 1.97. The molecule has 0 heterocycles. The van der Waals surface area contributed by atoms with E-state index in [0.717, 1.165) is 19.3 Å². The van der Waals surface area contributed by atoms with Gasteiger partial charge in [-0.2, -0.15) is 0 Å². The summed E-state index contributed by atoms with van der Waals surface area (Å²) in [5.74, 6) is -0.764. The van der Waals surface area contributed by atoms with E-state index < -0.39 is 5.97 Å². The maximum atomic E-state index is 10.5. The molecule has 0 aromatic rings. The molecule has 0 amide bonds. The fourth-order valence-corrected chi connectivity index (χ4v) is 0.910. The molecule has 0 saturated carbocycles. The molecule has 2 nitrogen and oxygen atoms in total. The molecule has 0 aliphatic carbocycles. The topological polar surface area (TPSA) is 37.3 Å². The van der Waals surface area contributed by atoms with Gasteiger partial charge in [-0.15, -0.1) is 0 Å². The summed E-state index contributed by atoms with van der Waals surface area (Å²) in [4.78, 5) is 10.5. The highest BCUT2D eigenvalue weighted by atomic mass is 16.4. The van der Waals surface area contributed by atoms with Crippen molar-refractivity contribution in [1.82, 2.24) is 0 Å². The molecule has 11 heavy (non-hydrogen) atoms. The number of carboxylic acid groups (broad SMARTS) is 1. The summed E-state index contributed by atoms with van der Waals surface area (Å²) in [5.41, 5.74) is 0.564. The Morgan fingerprint density at radius 3 is 2.45 bits per heavy atom. The first-order chi connectivity index (χ1) is 5.22. The van der Waals surface area contributed by atoms with Gasteiger partial charge in [0, 0.05) is 5.57 Å². The molecule has 0 aromatic heterocycles. The fourth-order valence-electron chi connectivity index (χ4n) is 0.910. The van der Waals surface area contributed by atoms with E-state index >= 15 is 0 Å². The monoisotopic (exact) mass is 156 g/mol. The lowest BCUT2D eigenvalue weighted by molar-refractivity contribution is -0.132. The largest absolute Gasteiger partial charge is 0.478 e. The van der Waals surface area contributed by atoms with Gasteiger partial charge in [0.15, 0.2) is 0 Å². The van der Waals surface area contributed by atoms with E-state index in [0.29, 0.717) is 12.0 Å². The molecule has 0 aliphatic heterocycles. The van der Waals surface area contributed by atoms with Gasteiger partial charge in [-0.3, -0.25) is 0 Å². The quantitative estimate of drug-likeness (QED) is 0.621. The van der Waals surface area contributed by atoms with Gasteiger partial charge in [0.1, 0.15) is 0 Å². The van der Waals surface area contributed by atoms with Crippen LogP contribution in [0.5, 0.6) is 0 Å². The minimum absolute atomic E-state index is 0.564. The van der Waals surface area contributed by atoms with Crippen molar-refractivity contribution in [3.05, 3.63) is 11.6 Å².